The first-order valence-corrected chi connectivity index (χ1v) is 12.3. The Bertz CT molecular complexity index is 1110. The third-order valence-electron chi connectivity index (χ3n) is 6.77. The Kier molecular flexibility index (Phi) is 7.55. The number of nitrogens with one attached hydrogen (secondary N) is 1. The summed E-state index contributed by atoms with van der Waals surface area (Å²) in [6, 6.07) is 16.1. The van der Waals surface area contributed by atoms with Crippen molar-refractivity contribution in [3.63, 3.8) is 0 Å². The average molecular weight is 477 g/mol. The number of likely N-dealkylation sites (tertiary alicyclic amines) is 1. The van der Waals surface area contributed by atoms with Crippen molar-refractivity contribution in [1.29, 1.82) is 0 Å². The fourth-order valence-electron chi connectivity index (χ4n) is 4.41. The SMILES string of the molecule is COc1ccc(C(C)NC(=O)C2CCN(Cc3nc(-c4ccc(C(C)(C)C)cc4)no3)CC2)cc1. The van der Waals surface area contributed by atoms with Crippen LogP contribution in [-0.2, 0) is 16.8 Å². The highest BCUT2D eigenvalue weighted by atomic mass is 16.5. The molecule has 1 saturated heterocycles. The molecule has 1 atom stereocenters. The van der Waals surface area contributed by atoms with Gasteiger partial charge in [-0.3, -0.25) is 9.69 Å². The van der Waals surface area contributed by atoms with E-state index >= 15 is 0 Å². The zero-order valence-corrected chi connectivity index (χ0v) is 21.4. The molecular formula is C28H36N4O3. The lowest BCUT2D eigenvalue weighted by Gasteiger charge is -2.30. The molecule has 0 saturated carbocycles. The standard InChI is InChI=1S/C28H36N4O3/c1-19(20-8-12-24(34-5)13-9-20)29-27(33)22-14-16-32(17-15-22)18-25-30-26(31-35-25)21-6-10-23(11-7-21)28(2,3)4/h6-13,19,22H,14-18H2,1-5H3,(H,29,33). The van der Waals surface area contributed by atoms with Gasteiger partial charge in [0.2, 0.25) is 17.6 Å². The van der Waals surface area contributed by atoms with Crippen LogP contribution in [0.4, 0.5) is 0 Å². The maximum absolute atomic E-state index is 12.8. The second kappa shape index (κ2) is 10.6. The minimum atomic E-state index is -0.0410. The van der Waals surface area contributed by atoms with Crippen LogP contribution in [0.3, 0.4) is 0 Å². The van der Waals surface area contributed by atoms with Crippen LogP contribution in [0.2, 0.25) is 0 Å². The average Bonchev–Trinajstić information content (AvgIpc) is 3.32. The van der Waals surface area contributed by atoms with E-state index in [1.165, 1.54) is 5.56 Å². The van der Waals surface area contributed by atoms with E-state index in [1.807, 2.05) is 43.3 Å². The van der Waals surface area contributed by atoms with Crippen LogP contribution >= 0.6 is 0 Å². The normalized spacial score (nSPS) is 16.1. The van der Waals surface area contributed by atoms with Crippen LogP contribution in [0.15, 0.2) is 53.1 Å². The first kappa shape index (κ1) is 24.9. The van der Waals surface area contributed by atoms with Crippen molar-refractivity contribution >= 4 is 5.91 Å². The number of nitrogens with zero attached hydrogens (tertiary/aromatic N) is 3. The number of carbonyl (C=O) groups excluding carboxylic acids is 1. The maximum Gasteiger partial charge on any atom is 0.241 e. The molecule has 2 aromatic carbocycles. The number of hydrogen-bond donors (Lipinski definition) is 1. The number of benzene rings is 2. The van der Waals surface area contributed by atoms with Crippen molar-refractivity contribution in [2.75, 3.05) is 20.2 Å². The Morgan fingerprint density at radius 2 is 1.77 bits per heavy atom. The zero-order chi connectivity index (χ0) is 25.0. The molecule has 0 aliphatic carbocycles. The lowest BCUT2D eigenvalue weighted by Crippen LogP contribution is -2.40. The highest BCUT2D eigenvalue weighted by Gasteiger charge is 2.27. The number of methoxy groups -OCH3 is 1. The molecule has 1 amide bonds. The van der Waals surface area contributed by atoms with Gasteiger partial charge in [-0.15, -0.1) is 0 Å². The van der Waals surface area contributed by atoms with Gasteiger partial charge in [0.1, 0.15) is 5.75 Å². The number of aromatic nitrogens is 2. The molecule has 7 heteroatoms. The van der Waals surface area contributed by atoms with Crippen LogP contribution in [0.5, 0.6) is 5.75 Å². The molecule has 35 heavy (non-hydrogen) atoms. The van der Waals surface area contributed by atoms with Crippen LogP contribution < -0.4 is 10.1 Å². The van der Waals surface area contributed by atoms with Gasteiger partial charge in [-0.25, -0.2) is 0 Å². The van der Waals surface area contributed by atoms with Gasteiger partial charge in [0.15, 0.2) is 0 Å². The molecule has 1 aromatic heterocycles. The van der Waals surface area contributed by atoms with Crippen molar-refractivity contribution in [1.82, 2.24) is 20.4 Å². The lowest BCUT2D eigenvalue weighted by atomic mass is 9.87. The highest BCUT2D eigenvalue weighted by molar-refractivity contribution is 5.79. The fraction of sp³-hybridized carbons (Fsp3) is 0.464. The lowest BCUT2D eigenvalue weighted by molar-refractivity contribution is -0.127. The summed E-state index contributed by atoms with van der Waals surface area (Å²) in [7, 11) is 1.65. The second-order valence-corrected chi connectivity index (χ2v) is 10.4. The van der Waals surface area contributed by atoms with Crippen molar-refractivity contribution < 1.29 is 14.1 Å². The quantitative estimate of drug-likeness (QED) is 0.509. The van der Waals surface area contributed by atoms with Gasteiger partial charge in [-0.2, -0.15) is 4.98 Å². The van der Waals surface area contributed by atoms with Crippen molar-refractivity contribution in [2.45, 2.75) is 58.5 Å². The van der Waals surface area contributed by atoms with Gasteiger partial charge >= 0.3 is 0 Å². The van der Waals surface area contributed by atoms with Crippen LogP contribution in [0, 0.1) is 5.92 Å². The molecule has 0 spiro atoms. The molecular weight excluding hydrogens is 440 g/mol. The highest BCUT2D eigenvalue weighted by Crippen LogP contribution is 2.26. The van der Waals surface area contributed by atoms with E-state index in [-0.39, 0.29) is 23.3 Å². The zero-order valence-electron chi connectivity index (χ0n) is 21.4. The van der Waals surface area contributed by atoms with Gasteiger partial charge in [0, 0.05) is 11.5 Å². The summed E-state index contributed by atoms with van der Waals surface area (Å²) in [5, 5.41) is 7.34. The topological polar surface area (TPSA) is 80.5 Å². The van der Waals surface area contributed by atoms with Gasteiger partial charge in [0.05, 0.1) is 19.7 Å². The van der Waals surface area contributed by atoms with E-state index < -0.39 is 0 Å². The summed E-state index contributed by atoms with van der Waals surface area (Å²) >= 11 is 0. The number of ether oxygens (including phenoxy) is 1. The summed E-state index contributed by atoms with van der Waals surface area (Å²) in [5.74, 6) is 2.17. The maximum atomic E-state index is 12.8. The van der Waals surface area contributed by atoms with Gasteiger partial charge in [0.25, 0.3) is 0 Å². The van der Waals surface area contributed by atoms with Crippen LogP contribution in [-0.4, -0.2) is 41.1 Å². The summed E-state index contributed by atoms with van der Waals surface area (Å²) in [6.07, 6.45) is 1.63. The van der Waals surface area contributed by atoms with E-state index in [2.05, 4.69) is 53.3 Å². The number of hydrogen-bond acceptors (Lipinski definition) is 6. The van der Waals surface area contributed by atoms with Gasteiger partial charge in [-0.1, -0.05) is 62.3 Å². The minimum Gasteiger partial charge on any atom is -0.497 e. The largest absolute Gasteiger partial charge is 0.497 e. The van der Waals surface area contributed by atoms with E-state index in [0.717, 1.165) is 42.8 Å². The monoisotopic (exact) mass is 476 g/mol. The number of piperidine rings is 1. The molecule has 0 radical (unpaired) electrons. The third-order valence-corrected chi connectivity index (χ3v) is 6.77. The predicted octanol–water partition coefficient (Wildman–Crippen LogP) is 5.13. The molecule has 1 unspecified atom stereocenters. The first-order chi connectivity index (χ1) is 16.7. The molecule has 4 rings (SSSR count). The Morgan fingerprint density at radius 1 is 1.11 bits per heavy atom. The molecule has 7 nitrogen and oxygen atoms in total. The minimum absolute atomic E-state index is 0.0199. The molecule has 3 aromatic rings. The summed E-state index contributed by atoms with van der Waals surface area (Å²) in [6.45, 7) is 10.9. The van der Waals surface area contributed by atoms with E-state index in [4.69, 9.17) is 9.26 Å². The summed E-state index contributed by atoms with van der Waals surface area (Å²) in [5.41, 5.74) is 3.40. The van der Waals surface area contributed by atoms with E-state index in [1.54, 1.807) is 7.11 Å². The first-order valence-electron chi connectivity index (χ1n) is 12.3. The number of carbonyl (C=O) groups is 1. The Labute approximate surface area is 207 Å². The van der Waals surface area contributed by atoms with Crippen molar-refractivity contribution in [3.8, 4) is 17.1 Å². The Balaban J connectivity index is 1.26. The molecule has 2 heterocycles. The molecule has 1 N–H and O–H groups in total. The second-order valence-electron chi connectivity index (χ2n) is 10.4. The molecule has 1 aliphatic rings. The van der Waals surface area contributed by atoms with Crippen molar-refractivity contribution in [3.05, 3.63) is 65.5 Å². The molecule has 0 bridgehead atoms. The predicted molar refractivity (Wildman–Crippen MR) is 136 cm³/mol. The third kappa shape index (κ3) is 6.28. The van der Waals surface area contributed by atoms with Gasteiger partial charge in [-0.05, 0) is 61.5 Å². The van der Waals surface area contributed by atoms with Crippen molar-refractivity contribution in [2.24, 2.45) is 5.92 Å². The van der Waals surface area contributed by atoms with Gasteiger partial charge < -0.3 is 14.6 Å². The molecule has 186 valence electrons. The smallest absolute Gasteiger partial charge is 0.241 e. The number of rotatable bonds is 7. The Morgan fingerprint density at radius 3 is 2.37 bits per heavy atom. The fourth-order valence-corrected chi connectivity index (χ4v) is 4.41. The van der Waals surface area contributed by atoms with Crippen LogP contribution in [0.25, 0.3) is 11.4 Å². The molecule has 1 fully saturated rings. The van der Waals surface area contributed by atoms with E-state index in [0.29, 0.717) is 18.3 Å². The molecule has 1 aliphatic heterocycles. The summed E-state index contributed by atoms with van der Waals surface area (Å²) < 4.78 is 10.7. The Hall–Kier alpha value is -3.19. The summed E-state index contributed by atoms with van der Waals surface area (Å²) in [4.78, 5) is 19.7. The van der Waals surface area contributed by atoms with E-state index in [9.17, 15) is 4.79 Å². The number of amides is 1. The van der Waals surface area contributed by atoms with Crippen LogP contribution in [0.1, 0.15) is 63.6 Å².